The maximum atomic E-state index is 10.8. The quantitative estimate of drug-likeness (QED) is 0.660. The van der Waals surface area contributed by atoms with Crippen LogP contribution in [0.15, 0.2) is 0 Å². The summed E-state index contributed by atoms with van der Waals surface area (Å²) in [5.74, 6) is -0.268. The van der Waals surface area contributed by atoms with Gasteiger partial charge in [-0.25, -0.2) is 0 Å². The number of imide groups is 1. The normalized spacial score (nSPS) is 23.0. The van der Waals surface area contributed by atoms with Crippen molar-refractivity contribution in [2.45, 2.75) is 18.1 Å². The molecule has 0 aromatic carbocycles. The van der Waals surface area contributed by atoms with Crippen LogP contribution in [0.5, 0.6) is 0 Å². The highest BCUT2D eigenvalue weighted by atomic mass is 32.2. The van der Waals surface area contributed by atoms with Gasteiger partial charge in [0.2, 0.25) is 5.91 Å². The number of nitrogens with one attached hydrogen (secondary N) is 1. The highest BCUT2D eigenvalue weighted by molar-refractivity contribution is 8.15. The summed E-state index contributed by atoms with van der Waals surface area (Å²) in [5.41, 5.74) is 0. The predicted octanol–water partition coefficient (Wildman–Crippen LogP) is 0.642. The molecule has 0 aliphatic carbocycles. The third-order valence-corrected chi connectivity index (χ3v) is 2.34. The fraction of sp³-hybridized carbons (Fsp3) is 0.500. The molecule has 1 heterocycles. The lowest BCUT2D eigenvalue weighted by Gasteiger charge is -1.97. The molecule has 1 fully saturated rings. The Morgan fingerprint density at radius 3 is 2.82 bits per heavy atom. The third-order valence-electron chi connectivity index (χ3n) is 1.29. The molecule has 1 saturated heterocycles. The zero-order valence-electron chi connectivity index (χ0n) is 5.66. The van der Waals surface area contributed by atoms with E-state index in [2.05, 4.69) is 5.32 Å². The number of nitriles is 1. The molecule has 5 heteroatoms. The number of carbonyl (C=O) groups is 2. The summed E-state index contributed by atoms with van der Waals surface area (Å²) in [5, 5.41) is 9.70. The fourth-order valence-corrected chi connectivity index (χ4v) is 1.60. The molecular weight excluding hydrogens is 164 g/mol. The van der Waals surface area contributed by atoms with Gasteiger partial charge in [-0.05, 0) is 6.42 Å². The number of nitrogens with zero attached hydrogens (tertiary/aromatic N) is 1. The standard InChI is InChI=1S/C6H6N2O2S/c7-3-1-2-4-5(9)8-6(10)11-4/h4H,1-2H2,(H,8,9,10). The van der Waals surface area contributed by atoms with E-state index in [4.69, 9.17) is 5.26 Å². The van der Waals surface area contributed by atoms with E-state index in [0.29, 0.717) is 12.8 Å². The van der Waals surface area contributed by atoms with Crippen molar-refractivity contribution in [3.05, 3.63) is 0 Å². The molecule has 1 rings (SSSR count). The van der Waals surface area contributed by atoms with Crippen molar-refractivity contribution in [2.24, 2.45) is 0 Å². The van der Waals surface area contributed by atoms with Gasteiger partial charge in [0.1, 0.15) is 0 Å². The van der Waals surface area contributed by atoms with Gasteiger partial charge in [0, 0.05) is 6.42 Å². The zero-order valence-corrected chi connectivity index (χ0v) is 6.48. The topological polar surface area (TPSA) is 70.0 Å². The van der Waals surface area contributed by atoms with Crippen LogP contribution in [0.3, 0.4) is 0 Å². The average molecular weight is 170 g/mol. The number of thioether (sulfide) groups is 1. The maximum Gasteiger partial charge on any atom is 0.286 e. The van der Waals surface area contributed by atoms with Crippen molar-refractivity contribution in [3.63, 3.8) is 0 Å². The molecule has 0 bridgehead atoms. The van der Waals surface area contributed by atoms with Crippen LogP contribution in [-0.2, 0) is 4.79 Å². The van der Waals surface area contributed by atoms with Gasteiger partial charge in [0.15, 0.2) is 0 Å². The van der Waals surface area contributed by atoms with E-state index in [9.17, 15) is 9.59 Å². The third kappa shape index (κ3) is 1.95. The van der Waals surface area contributed by atoms with Crippen molar-refractivity contribution in [3.8, 4) is 6.07 Å². The van der Waals surface area contributed by atoms with Crippen LogP contribution in [0.1, 0.15) is 12.8 Å². The minimum atomic E-state index is -0.345. The molecule has 58 valence electrons. The van der Waals surface area contributed by atoms with Crippen LogP contribution in [0.4, 0.5) is 4.79 Å². The highest BCUT2D eigenvalue weighted by Crippen LogP contribution is 2.22. The lowest BCUT2D eigenvalue weighted by atomic mass is 10.2. The second-order valence-electron chi connectivity index (χ2n) is 2.08. The average Bonchev–Trinajstić information content (AvgIpc) is 2.26. The van der Waals surface area contributed by atoms with E-state index in [1.807, 2.05) is 6.07 Å². The molecular formula is C6H6N2O2S. The Morgan fingerprint density at radius 1 is 1.64 bits per heavy atom. The summed E-state index contributed by atoms with van der Waals surface area (Å²) in [4.78, 5) is 21.4. The maximum absolute atomic E-state index is 10.8. The van der Waals surface area contributed by atoms with Crippen molar-refractivity contribution in [2.75, 3.05) is 0 Å². The molecule has 1 aliphatic heterocycles. The molecule has 0 saturated carbocycles. The summed E-state index contributed by atoms with van der Waals surface area (Å²) in [7, 11) is 0. The Hall–Kier alpha value is -1.02. The van der Waals surface area contributed by atoms with E-state index in [0.717, 1.165) is 11.8 Å². The molecule has 0 aromatic rings. The highest BCUT2D eigenvalue weighted by Gasteiger charge is 2.30. The number of hydrogen-bond donors (Lipinski definition) is 1. The Kier molecular flexibility index (Phi) is 2.49. The van der Waals surface area contributed by atoms with Gasteiger partial charge in [-0.15, -0.1) is 0 Å². The molecule has 1 N–H and O–H groups in total. The molecule has 1 unspecified atom stereocenters. The second kappa shape index (κ2) is 3.39. The first-order chi connectivity index (χ1) is 5.24. The van der Waals surface area contributed by atoms with E-state index in [1.165, 1.54) is 0 Å². The number of rotatable bonds is 2. The fourth-order valence-electron chi connectivity index (χ4n) is 0.779. The number of hydrogen-bond acceptors (Lipinski definition) is 4. The summed E-state index contributed by atoms with van der Waals surface area (Å²) in [6.45, 7) is 0. The minimum Gasteiger partial charge on any atom is -0.286 e. The van der Waals surface area contributed by atoms with Crippen molar-refractivity contribution in [1.82, 2.24) is 5.32 Å². The molecule has 0 aromatic heterocycles. The molecule has 0 spiro atoms. The Bertz CT molecular complexity index is 233. The molecule has 1 aliphatic rings. The summed E-state index contributed by atoms with van der Waals surface area (Å²) >= 11 is 0.963. The van der Waals surface area contributed by atoms with Crippen LogP contribution in [0.25, 0.3) is 0 Å². The molecule has 2 amide bonds. The lowest BCUT2D eigenvalue weighted by molar-refractivity contribution is -0.119. The summed E-state index contributed by atoms with van der Waals surface area (Å²) in [6, 6.07) is 1.93. The van der Waals surface area contributed by atoms with Gasteiger partial charge in [0.05, 0.1) is 11.3 Å². The van der Waals surface area contributed by atoms with Crippen molar-refractivity contribution >= 4 is 22.9 Å². The Labute approximate surface area is 67.9 Å². The van der Waals surface area contributed by atoms with Gasteiger partial charge >= 0.3 is 0 Å². The first-order valence-electron chi connectivity index (χ1n) is 3.12. The largest absolute Gasteiger partial charge is 0.286 e. The van der Waals surface area contributed by atoms with Crippen molar-refractivity contribution < 1.29 is 9.59 Å². The SMILES string of the molecule is N#CCCC1SC(=O)NC1=O. The van der Waals surface area contributed by atoms with Crippen molar-refractivity contribution in [1.29, 1.82) is 5.26 Å². The van der Waals surface area contributed by atoms with Crippen LogP contribution >= 0.6 is 11.8 Å². The van der Waals surface area contributed by atoms with Crippen LogP contribution in [-0.4, -0.2) is 16.4 Å². The van der Waals surface area contributed by atoms with Gasteiger partial charge in [-0.1, -0.05) is 11.8 Å². The summed E-state index contributed by atoms with van der Waals surface area (Å²) < 4.78 is 0. The molecule has 1 atom stereocenters. The number of carbonyl (C=O) groups excluding carboxylic acids is 2. The van der Waals surface area contributed by atoms with Gasteiger partial charge in [-0.3, -0.25) is 14.9 Å². The zero-order chi connectivity index (χ0) is 8.27. The van der Waals surface area contributed by atoms with Crippen LogP contribution < -0.4 is 5.32 Å². The molecule has 0 radical (unpaired) electrons. The van der Waals surface area contributed by atoms with Crippen LogP contribution in [0.2, 0.25) is 0 Å². The van der Waals surface area contributed by atoms with E-state index in [1.54, 1.807) is 0 Å². The first kappa shape index (κ1) is 8.08. The van der Waals surface area contributed by atoms with Crippen LogP contribution in [0, 0.1) is 11.3 Å². The Morgan fingerprint density at radius 2 is 2.36 bits per heavy atom. The minimum absolute atomic E-state index is 0.268. The van der Waals surface area contributed by atoms with E-state index >= 15 is 0 Å². The van der Waals surface area contributed by atoms with E-state index in [-0.39, 0.29) is 16.4 Å². The predicted molar refractivity (Wildman–Crippen MR) is 39.8 cm³/mol. The smallest absolute Gasteiger partial charge is 0.286 e. The summed E-state index contributed by atoms with van der Waals surface area (Å²) in [6.07, 6.45) is 0.775. The van der Waals surface area contributed by atoms with Gasteiger partial charge in [-0.2, -0.15) is 5.26 Å². The second-order valence-corrected chi connectivity index (χ2v) is 3.26. The monoisotopic (exact) mass is 170 g/mol. The van der Waals surface area contributed by atoms with Gasteiger partial charge < -0.3 is 0 Å². The first-order valence-corrected chi connectivity index (χ1v) is 4.00. The number of amides is 2. The molecule has 4 nitrogen and oxygen atoms in total. The Balaban J connectivity index is 2.42. The van der Waals surface area contributed by atoms with E-state index < -0.39 is 0 Å². The lowest BCUT2D eigenvalue weighted by Crippen LogP contribution is -2.23. The van der Waals surface area contributed by atoms with Gasteiger partial charge in [0.25, 0.3) is 5.24 Å². The molecule has 11 heavy (non-hydrogen) atoms.